The van der Waals surface area contributed by atoms with E-state index in [1.807, 2.05) is 24.3 Å². The van der Waals surface area contributed by atoms with Crippen molar-refractivity contribution in [1.82, 2.24) is 4.57 Å². The Bertz CT molecular complexity index is 1280. The topological polar surface area (TPSA) is 83.0 Å². The van der Waals surface area contributed by atoms with Crippen LogP contribution in [0.3, 0.4) is 0 Å². The van der Waals surface area contributed by atoms with Gasteiger partial charge in [-0.3, -0.25) is 9.36 Å². The normalized spacial score (nSPS) is 16.2. The van der Waals surface area contributed by atoms with Gasteiger partial charge in [-0.25, -0.2) is 9.79 Å². The average molecular weight is 424 g/mol. The maximum Gasteiger partial charge on any atom is 0.338 e. The number of carbonyl (C=O) groups is 1. The number of hydrogen-bond donors (Lipinski definition) is 0. The summed E-state index contributed by atoms with van der Waals surface area (Å²) in [4.78, 5) is 31.0. The number of nitrogens with zero attached hydrogens (tertiary/aromatic N) is 2. The number of ether oxygens (including phenoxy) is 2. The van der Waals surface area contributed by atoms with Crippen molar-refractivity contribution >= 4 is 23.4 Å². The van der Waals surface area contributed by atoms with Crippen LogP contribution in [0.2, 0.25) is 0 Å². The van der Waals surface area contributed by atoms with Gasteiger partial charge in [-0.1, -0.05) is 23.5 Å². The van der Waals surface area contributed by atoms with Gasteiger partial charge in [0.2, 0.25) is 0 Å². The van der Waals surface area contributed by atoms with Gasteiger partial charge in [-0.15, -0.1) is 0 Å². The molecule has 0 bridgehead atoms. The first kappa shape index (κ1) is 19.9. The molecule has 7 nitrogen and oxygen atoms in total. The molecule has 0 fully saturated rings. The lowest BCUT2D eigenvalue weighted by Crippen LogP contribution is -2.39. The standard InChI is InChI=1S/C22H20N2O5S/c1-4-28-21(26)18-13(2)23-22-24(19(18)16-6-5-11-29-16)20(25)17(30-22)12-14-7-9-15(27-3)10-8-14/h5-12,19H,4H2,1-3H3/b17-12+. The largest absolute Gasteiger partial charge is 0.497 e. The fourth-order valence-corrected chi connectivity index (χ4v) is 4.41. The molecule has 0 saturated carbocycles. The van der Waals surface area contributed by atoms with Gasteiger partial charge in [0.25, 0.3) is 5.56 Å². The monoisotopic (exact) mass is 424 g/mol. The van der Waals surface area contributed by atoms with Crippen molar-refractivity contribution in [3.05, 3.63) is 84.9 Å². The molecule has 1 aliphatic heterocycles. The lowest BCUT2D eigenvalue weighted by atomic mass is 10.0. The molecule has 0 amide bonds. The molecular weight excluding hydrogens is 404 g/mol. The van der Waals surface area contributed by atoms with Crippen LogP contribution < -0.4 is 19.6 Å². The van der Waals surface area contributed by atoms with Crippen molar-refractivity contribution in [3.63, 3.8) is 0 Å². The first-order chi connectivity index (χ1) is 14.5. The van der Waals surface area contributed by atoms with E-state index >= 15 is 0 Å². The Morgan fingerprint density at radius 3 is 2.70 bits per heavy atom. The van der Waals surface area contributed by atoms with Crippen molar-refractivity contribution in [1.29, 1.82) is 0 Å². The number of aromatic nitrogens is 1. The van der Waals surface area contributed by atoms with Gasteiger partial charge < -0.3 is 13.9 Å². The van der Waals surface area contributed by atoms with E-state index in [1.54, 1.807) is 39.2 Å². The summed E-state index contributed by atoms with van der Waals surface area (Å²) in [5, 5.41) is 0. The maximum absolute atomic E-state index is 13.3. The van der Waals surface area contributed by atoms with Crippen LogP contribution in [0.15, 0.2) is 68.1 Å². The number of fused-ring (bicyclic) bond motifs is 1. The lowest BCUT2D eigenvalue weighted by Gasteiger charge is -2.22. The molecule has 0 saturated heterocycles. The Balaban J connectivity index is 1.90. The first-order valence-electron chi connectivity index (χ1n) is 9.40. The minimum absolute atomic E-state index is 0.225. The summed E-state index contributed by atoms with van der Waals surface area (Å²) < 4.78 is 18.0. The Kier molecular flexibility index (Phi) is 5.41. The summed E-state index contributed by atoms with van der Waals surface area (Å²) in [6, 6.07) is 10.1. The second kappa shape index (κ2) is 8.16. The Morgan fingerprint density at radius 2 is 2.07 bits per heavy atom. The molecule has 1 aliphatic rings. The van der Waals surface area contributed by atoms with Crippen LogP contribution in [0.4, 0.5) is 0 Å². The smallest absolute Gasteiger partial charge is 0.338 e. The molecule has 154 valence electrons. The highest BCUT2D eigenvalue weighted by Gasteiger charge is 2.34. The molecular formula is C22H20N2O5S. The average Bonchev–Trinajstić information content (AvgIpc) is 3.37. The third-order valence-corrected chi connectivity index (χ3v) is 5.73. The fraction of sp³-hybridized carbons (Fsp3) is 0.227. The molecule has 4 rings (SSSR count). The summed E-state index contributed by atoms with van der Waals surface area (Å²) in [7, 11) is 1.60. The predicted octanol–water partition coefficient (Wildman–Crippen LogP) is 2.40. The lowest BCUT2D eigenvalue weighted by molar-refractivity contribution is -0.139. The minimum atomic E-state index is -0.728. The van der Waals surface area contributed by atoms with Gasteiger partial charge in [0.15, 0.2) is 4.80 Å². The second-order valence-electron chi connectivity index (χ2n) is 6.59. The molecule has 1 unspecified atom stereocenters. The number of thiazole rings is 1. The van der Waals surface area contributed by atoms with Crippen LogP contribution in [-0.2, 0) is 9.53 Å². The van der Waals surface area contributed by atoms with Crippen LogP contribution in [0, 0.1) is 0 Å². The van der Waals surface area contributed by atoms with E-state index in [0.29, 0.717) is 26.4 Å². The van der Waals surface area contributed by atoms with E-state index in [-0.39, 0.29) is 12.2 Å². The van der Waals surface area contributed by atoms with Crippen LogP contribution in [0.1, 0.15) is 31.2 Å². The third kappa shape index (κ3) is 3.50. The van der Waals surface area contributed by atoms with Gasteiger partial charge in [-0.05, 0) is 49.8 Å². The van der Waals surface area contributed by atoms with E-state index in [9.17, 15) is 9.59 Å². The highest BCUT2D eigenvalue weighted by atomic mass is 32.1. The fourth-order valence-electron chi connectivity index (χ4n) is 3.36. The van der Waals surface area contributed by atoms with Crippen LogP contribution in [-0.4, -0.2) is 24.3 Å². The summed E-state index contributed by atoms with van der Waals surface area (Å²) in [5.74, 6) is 0.704. The molecule has 3 heterocycles. The molecule has 8 heteroatoms. The zero-order chi connectivity index (χ0) is 21.3. The van der Waals surface area contributed by atoms with Crippen LogP contribution >= 0.6 is 11.3 Å². The molecule has 1 aromatic carbocycles. The Morgan fingerprint density at radius 1 is 1.30 bits per heavy atom. The van der Waals surface area contributed by atoms with Gasteiger partial charge in [-0.2, -0.15) is 0 Å². The second-order valence-corrected chi connectivity index (χ2v) is 7.60. The zero-order valence-corrected chi connectivity index (χ0v) is 17.6. The van der Waals surface area contributed by atoms with Crippen molar-refractivity contribution in [2.24, 2.45) is 4.99 Å². The number of carbonyl (C=O) groups excluding carboxylic acids is 1. The summed E-state index contributed by atoms with van der Waals surface area (Å²) in [5.41, 5.74) is 1.42. The maximum atomic E-state index is 13.3. The molecule has 30 heavy (non-hydrogen) atoms. The van der Waals surface area contributed by atoms with Gasteiger partial charge >= 0.3 is 5.97 Å². The zero-order valence-electron chi connectivity index (χ0n) is 16.7. The van der Waals surface area contributed by atoms with Crippen molar-refractivity contribution < 1.29 is 18.7 Å². The number of hydrogen-bond acceptors (Lipinski definition) is 7. The number of esters is 1. The van der Waals surface area contributed by atoms with Gasteiger partial charge in [0.05, 0.1) is 35.8 Å². The molecule has 0 N–H and O–H groups in total. The molecule has 0 spiro atoms. The van der Waals surface area contributed by atoms with Crippen LogP contribution in [0.25, 0.3) is 6.08 Å². The molecule has 3 aromatic rings. The summed E-state index contributed by atoms with van der Waals surface area (Å²) in [6.07, 6.45) is 3.31. The van der Waals surface area contributed by atoms with E-state index in [0.717, 1.165) is 11.3 Å². The number of benzene rings is 1. The number of methoxy groups -OCH3 is 1. The van der Waals surface area contributed by atoms with Crippen molar-refractivity contribution in [2.75, 3.05) is 13.7 Å². The summed E-state index contributed by atoms with van der Waals surface area (Å²) >= 11 is 1.27. The van der Waals surface area contributed by atoms with Gasteiger partial charge in [0, 0.05) is 0 Å². The van der Waals surface area contributed by atoms with E-state index in [2.05, 4.69) is 4.99 Å². The highest BCUT2D eigenvalue weighted by Crippen LogP contribution is 2.30. The Labute approximate surface area is 176 Å². The van der Waals surface area contributed by atoms with E-state index < -0.39 is 12.0 Å². The molecule has 0 aliphatic carbocycles. The number of allylic oxidation sites excluding steroid dienone is 1. The quantitative estimate of drug-likeness (QED) is 0.588. The number of furan rings is 1. The molecule has 2 aromatic heterocycles. The Hall–Kier alpha value is -3.39. The van der Waals surface area contributed by atoms with E-state index in [4.69, 9.17) is 13.9 Å². The predicted molar refractivity (Wildman–Crippen MR) is 112 cm³/mol. The molecule has 1 atom stereocenters. The minimum Gasteiger partial charge on any atom is -0.497 e. The molecule has 0 radical (unpaired) electrons. The first-order valence-corrected chi connectivity index (χ1v) is 10.2. The SMILES string of the molecule is CCOC(=O)C1=C(C)N=c2s/c(=C/c3ccc(OC)cc3)c(=O)n2C1c1ccco1. The summed E-state index contributed by atoms with van der Waals surface area (Å²) in [6.45, 7) is 3.70. The number of rotatable bonds is 5. The van der Waals surface area contributed by atoms with Crippen molar-refractivity contribution in [3.8, 4) is 5.75 Å². The van der Waals surface area contributed by atoms with Crippen LogP contribution in [0.5, 0.6) is 5.75 Å². The highest BCUT2D eigenvalue weighted by molar-refractivity contribution is 7.07. The third-order valence-electron chi connectivity index (χ3n) is 4.74. The van der Waals surface area contributed by atoms with Gasteiger partial charge in [0.1, 0.15) is 17.6 Å². The van der Waals surface area contributed by atoms with Crippen molar-refractivity contribution in [2.45, 2.75) is 19.9 Å². The van der Waals surface area contributed by atoms with E-state index in [1.165, 1.54) is 22.2 Å².